The molecule has 0 radical (unpaired) electrons. The molecule has 0 heterocycles. The Kier molecular flexibility index (Phi) is 4.35. The van der Waals surface area contributed by atoms with Gasteiger partial charge in [-0.1, -0.05) is 12.1 Å². The number of ether oxygens (including phenoxy) is 1. The number of rotatable bonds is 4. The summed E-state index contributed by atoms with van der Waals surface area (Å²) in [4.78, 5) is 0.290. The third-order valence-electron chi connectivity index (χ3n) is 1.60. The van der Waals surface area contributed by atoms with Gasteiger partial charge >= 0.3 is 0 Å². The van der Waals surface area contributed by atoms with Crippen LogP contribution in [-0.4, -0.2) is 15.4 Å². The molecule has 76 valence electrons. The monoisotopic (exact) mass is 211 g/mol. The maximum Gasteiger partial charge on any atom is 0.0845 e. The predicted molar refractivity (Wildman–Crippen MR) is 54.3 cm³/mol. The molecular weight excluding hydrogens is 200 g/mol. The largest absolute Gasteiger partial charge is 0.768 e. The smallest absolute Gasteiger partial charge is 0.0845 e. The Bertz CT molecular complexity index is 330. The molecule has 0 aliphatic rings. The lowest BCUT2D eigenvalue weighted by Gasteiger charge is -2.04. The molecule has 0 fully saturated rings. The van der Waals surface area contributed by atoms with Crippen molar-refractivity contribution in [1.29, 1.82) is 0 Å². The third kappa shape index (κ3) is 3.32. The third-order valence-corrected chi connectivity index (χ3v) is 2.25. The van der Waals surface area contributed by atoms with E-state index in [1.165, 1.54) is 0 Å². The van der Waals surface area contributed by atoms with Gasteiger partial charge in [0.05, 0.1) is 12.9 Å². The van der Waals surface area contributed by atoms with Crippen molar-refractivity contribution in [3.8, 4) is 0 Å². The number of hydrogen-bond acceptors (Lipinski definition) is 3. The van der Waals surface area contributed by atoms with E-state index in [0.29, 0.717) is 11.5 Å². The molecule has 1 atom stereocenters. The normalized spacial score (nSPS) is 13.0. The highest BCUT2D eigenvalue weighted by Crippen LogP contribution is 2.08. The highest BCUT2D eigenvalue weighted by Gasteiger charge is 1.91. The highest BCUT2D eigenvalue weighted by atomic mass is 32.2. The summed E-state index contributed by atoms with van der Waals surface area (Å²) in [5, 5.41) is 0. The molecular formula is C10H11O3S-. The van der Waals surface area contributed by atoms with Crippen molar-refractivity contribution in [1.82, 2.24) is 0 Å². The van der Waals surface area contributed by atoms with E-state index in [-0.39, 0.29) is 0 Å². The van der Waals surface area contributed by atoms with Gasteiger partial charge in [-0.15, -0.1) is 0 Å². The Labute approximate surface area is 85.7 Å². The van der Waals surface area contributed by atoms with Crippen LogP contribution in [0.2, 0.25) is 0 Å². The van der Waals surface area contributed by atoms with Crippen molar-refractivity contribution >= 4 is 17.2 Å². The van der Waals surface area contributed by atoms with E-state index >= 15 is 0 Å². The van der Waals surface area contributed by atoms with E-state index in [1.807, 2.05) is 6.92 Å². The van der Waals surface area contributed by atoms with Crippen LogP contribution in [0.5, 0.6) is 0 Å². The second kappa shape index (κ2) is 5.57. The molecule has 0 bridgehead atoms. The molecule has 0 N–H and O–H groups in total. The second-order valence-corrected chi connectivity index (χ2v) is 3.50. The zero-order valence-corrected chi connectivity index (χ0v) is 8.62. The Morgan fingerprint density at radius 3 is 2.57 bits per heavy atom. The van der Waals surface area contributed by atoms with Gasteiger partial charge in [0.2, 0.25) is 0 Å². The number of benzene rings is 1. The van der Waals surface area contributed by atoms with Gasteiger partial charge in [0.25, 0.3) is 0 Å². The van der Waals surface area contributed by atoms with E-state index in [4.69, 9.17) is 4.74 Å². The predicted octanol–water partition coefficient (Wildman–Crippen LogP) is 1.93. The van der Waals surface area contributed by atoms with Gasteiger partial charge < -0.3 is 9.29 Å². The summed E-state index contributed by atoms with van der Waals surface area (Å²) >= 11 is -2.15. The first kappa shape index (κ1) is 10.9. The summed E-state index contributed by atoms with van der Waals surface area (Å²) in [6, 6.07) is 6.55. The Morgan fingerprint density at radius 1 is 1.43 bits per heavy atom. The molecule has 0 saturated carbocycles. The zero-order valence-electron chi connectivity index (χ0n) is 7.80. The standard InChI is InChI=1S/C10H12O3S/c1-2-13-8-7-9-3-5-10(6-4-9)14(11)12/h3-8H,2H2,1H3,(H,11,12)/p-1. The van der Waals surface area contributed by atoms with Crippen LogP contribution in [0.25, 0.3) is 6.08 Å². The summed E-state index contributed by atoms with van der Waals surface area (Å²) in [5.74, 6) is 0. The highest BCUT2D eigenvalue weighted by molar-refractivity contribution is 7.79. The molecule has 1 aromatic rings. The molecule has 0 amide bonds. The van der Waals surface area contributed by atoms with Gasteiger partial charge in [0.1, 0.15) is 0 Å². The van der Waals surface area contributed by atoms with E-state index in [0.717, 1.165) is 5.56 Å². The summed E-state index contributed by atoms with van der Waals surface area (Å²) in [5.41, 5.74) is 0.910. The van der Waals surface area contributed by atoms with Crippen molar-refractivity contribution in [3.63, 3.8) is 0 Å². The van der Waals surface area contributed by atoms with Gasteiger partial charge in [0, 0.05) is 4.90 Å². The SMILES string of the molecule is CCOC=Cc1ccc(S(=O)[O-])cc1. The van der Waals surface area contributed by atoms with E-state index in [1.54, 1.807) is 36.6 Å². The molecule has 0 spiro atoms. The Balaban J connectivity index is 2.68. The first-order chi connectivity index (χ1) is 6.74. The summed E-state index contributed by atoms with van der Waals surface area (Å²) in [7, 11) is 0. The molecule has 0 aliphatic heterocycles. The first-order valence-electron chi connectivity index (χ1n) is 4.21. The molecule has 0 aliphatic carbocycles. The summed E-state index contributed by atoms with van der Waals surface area (Å²) < 4.78 is 26.1. The van der Waals surface area contributed by atoms with Crippen LogP contribution in [0.3, 0.4) is 0 Å². The molecule has 4 heteroatoms. The van der Waals surface area contributed by atoms with Gasteiger partial charge in [-0.3, -0.25) is 4.21 Å². The molecule has 0 saturated heterocycles. The fourth-order valence-corrected chi connectivity index (χ4v) is 1.27. The molecule has 3 nitrogen and oxygen atoms in total. The molecule has 1 unspecified atom stereocenters. The van der Waals surface area contributed by atoms with Gasteiger partial charge in [-0.2, -0.15) is 0 Å². The fraction of sp³-hybridized carbons (Fsp3) is 0.200. The fourth-order valence-electron chi connectivity index (χ4n) is 0.913. The van der Waals surface area contributed by atoms with Gasteiger partial charge in [-0.05, 0) is 41.8 Å². The van der Waals surface area contributed by atoms with Crippen LogP contribution in [0.4, 0.5) is 0 Å². The second-order valence-electron chi connectivity index (χ2n) is 2.56. The van der Waals surface area contributed by atoms with Gasteiger partial charge in [-0.25, -0.2) is 0 Å². The number of hydrogen-bond donors (Lipinski definition) is 0. The van der Waals surface area contributed by atoms with Crippen LogP contribution < -0.4 is 0 Å². The van der Waals surface area contributed by atoms with Crippen LogP contribution >= 0.6 is 0 Å². The first-order valence-corrected chi connectivity index (χ1v) is 5.29. The van der Waals surface area contributed by atoms with E-state index in [2.05, 4.69) is 0 Å². The lowest BCUT2D eigenvalue weighted by atomic mass is 10.2. The molecule has 1 aromatic carbocycles. The minimum atomic E-state index is -2.15. The van der Waals surface area contributed by atoms with E-state index in [9.17, 15) is 8.76 Å². The van der Waals surface area contributed by atoms with Crippen molar-refractivity contribution in [3.05, 3.63) is 36.1 Å². The quantitative estimate of drug-likeness (QED) is 0.564. The topological polar surface area (TPSA) is 49.4 Å². The van der Waals surface area contributed by atoms with Crippen LogP contribution in [0.1, 0.15) is 12.5 Å². The van der Waals surface area contributed by atoms with Crippen molar-refractivity contribution in [2.75, 3.05) is 6.61 Å². The molecule has 1 rings (SSSR count). The lowest BCUT2D eigenvalue weighted by molar-refractivity contribution is 0.272. The minimum absolute atomic E-state index is 0.290. The summed E-state index contributed by atoms with van der Waals surface area (Å²) in [6.07, 6.45) is 3.37. The Morgan fingerprint density at radius 2 is 2.07 bits per heavy atom. The Hall–Kier alpha value is -1.13. The maximum atomic E-state index is 10.5. The van der Waals surface area contributed by atoms with Crippen molar-refractivity contribution < 1.29 is 13.5 Å². The summed E-state index contributed by atoms with van der Waals surface area (Å²) in [6.45, 7) is 2.52. The molecule has 0 aromatic heterocycles. The van der Waals surface area contributed by atoms with Crippen LogP contribution in [0.15, 0.2) is 35.4 Å². The average Bonchev–Trinajstić information content (AvgIpc) is 2.19. The van der Waals surface area contributed by atoms with Crippen LogP contribution in [0, 0.1) is 0 Å². The lowest BCUT2D eigenvalue weighted by Crippen LogP contribution is -1.87. The van der Waals surface area contributed by atoms with Crippen molar-refractivity contribution in [2.45, 2.75) is 11.8 Å². The van der Waals surface area contributed by atoms with Gasteiger partial charge in [0.15, 0.2) is 0 Å². The van der Waals surface area contributed by atoms with Crippen molar-refractivity contribution in [2.24, 2.45) is 0 Å². The van der Waals surface area contributed by atoms with Crippen LogP contribution in [-0.2, 0) is 15.8 Å². The molecule has 14 heavy (non-hydrogen) atoms. The zero-order chi connectivity index (χ0) is 10.4. The van der Waals surface area contributed by atoms with E-state index < -0.39 is 11.1 Å². The maximum absolute atomic E-state index is 10.5. The minimum Gasteiger partial charge on any atom is -0.768 e. The average molecular weight is 211 g/mol.